The maximum absolute atomic E-state index is 12.0. The molecule has 110 valence electrons. The van der Waals surface area contributed by atoms with Crippen LogP contribution in [0.25, 0.3) is 0 Å². The summed E-state index contributed by atoms with van der Waals surface area (Å²) in [7, 11) is 0. The maximum Gasteiger partial charge on any atom is 0.225 e. The molecule has 5 nitrogen and oxygen atoms in total. The van der Waals surface area contributed by atoms with Crippen molar-refractivity contribution in [2.45, 2.75) is 33.2 Å². The Labute approximate surface area is 119 Å². The third-order valence-corrected chi connectivity index (χ3v) is 3.69. The van der Waals surface area contributed by atoms with E-state index in [-0.39, 0.29) is 23.7 Å². The van der Waals surface area contributed by atoms with Gasteiger partial charge < -0.3 is 14.6 Å². The van der Waals surface area contributed by atoms with E-state index < -0.39 is 0 Å². The Balaban J connectivity index is 1.75. The number of rotatable bonds is 4. The van der Waals surface area contributed by atoms with Crippen LogP contribution in [0, 0.1) is 11.8 Å². The summed E-state index contributed by atoms with van der Waals surface area (Å²) in [6.07, 6.45) is 3.07. The predicted molar refractivity (Wildman–Crippen MR) is 74.7 cm³/mol. The normalized spacial score (nSPS) is 16.4. The predicted octanol–water partition coefficient (Wildman–Crippen LogP) is 1.79. The van der Waals surface area contributed by atoms with Gasteiger partial charge in [-0.05, 0) is 25.0 Å². The number of carbonyl (C=O) groups is 2. The molecule has 0 saturated carbocycles. The Hall–Kier alpha value is -1.78. The Kier molecular flexibility index (Phi) is 4.82. The number of nitrogens with one attached hydrogen (secondary N) is 1. The van der Waals surface area contributed by atoms with Gasteiger partial charge >= 0.3 is 0 Å². The molecule has 0 aromatic carbocycles. The fourth-order valence-corrected chi connectivity index (χ4v) is 2.46. The number of furan rings is 1. The van der Waals surface area contributed by atoms with Crippen molar-refractivity contribution < 1.29 is 14.0 Å². The van der Waals surface area contributed by atoms with Gasteiger partial charge in [0.2, 0.25) is 11.8 Å². The van der Waals surface area contributed by atoms with Crippen LogP contribution in [0.2, 0.25) is 0 Å². The first-order valence-electron chi connectivity index (χ1n) is 7.17. The molecular weight excluding hydrogens is 256 g/mol. The largest absolute Gasteiger partial charge is 0.467 e. The molecule has 0 unspecified atom stereocenters. The van der Waals surface area contributed by atoms with E-state index in [0.717, 1.165) is 18.6 Å². The summed E-state index contributed by atoms with van der Waals surface area (Å²) in [4.78, 5) is 25.8. The van der Waals surface area contributed by atoms with E-state index >= 15 is 0 Å². The minimum absolute atomic E-state index is 0.00109. The van der Waals surface area contributed by atoms with Crippen LogP contribution in [-0.4, -0.2) is 29.8 Å². The van der Waals surface area contributed by atoms with Crippen molar-refractivity contribution in [2.24, 2.45) is 11.8 Å². The molecule has 20 heavy (non-hydrogen) atoms. The standard InChI is InChI=1S/C15H22N2O3/c1-11(2)15(19)17-7-5-12(6-8-17)14(18)16-10-13-4-3-9-20-13/h3-4,9,11-12H,5-8,10H2,1-2H3,(H,16,18). The van der Waals surface area contributed by atoms with E-state index in [2.05, 4.69) is 5.32 Å². The number of nitrogens with zero attached hydrogens (tertiary/aromatic N) is 1. The van der Waals surface area contributed by atoms with E-state index in [1.54, 1.807) is 12.3 Å². The summed E-state index contributed by atoms with van der Waals surface area (Å²) in [5.41, 5.74) is 0. The maximum atomic E-state index is 12.0. The number of hydrogen-bond acceptors (Lipinski definition) is 3. The zero-order chi connectivity index (χ0) is 14.5. The van der Waals surface area contributed by atoms with Gasteiger partial charge in [-0.15, -0.1) is 0 Å². The molecule has 5 heteroatoms. The van der Waals surface area contributed by atoms with Gasteiger partial charge in [-0.3, -0.25) is 9.59 Å². The molecule has 0 aliphatic carbocycles. The number of likely N-dealkylation sites (tertiary alicyclic amines) is 1. The van der Waals surface area contributed by atoms with Gasteiger partial charge in [0.25, 0.3) is 0 Å². The van der Waals surface area contributed by atoms with Gasteiger partial charge in [0, 0.05) is 24.9 Å². The second-order valence-electron chi connectivity index (χ2n) is 5.55. The number of carbonyl (C=O) groups excluding carboxylic acids is 2. The summed E-state index contributed by atoms with van der Waals surface area (Å²) >= 11 is 0. The van der Waals surface area contributed by atoms with Gasteiger partial charge in [0.15, 0.2) is 0 Å². The van der Waals surface area contributed by atoms with Crippen LogP contribution in [0.3, 0.4) is 0 Å². The molecule has 2 rings (SSSR count). The highest BCUT2D eigenvalue weighted by atomic mass is 16.3. The molecule has 2 heterocycles. The van der Waals surface area contributed by atoms with E-state index in [1.807, 2.05) is 24.8 Å². The van der Waals surface area contributed by atoms with Crippen LogP contribution in [0.1, 0.15) is 32.4 Å². The molecule has 0 spiro atoms. The quantitative estimate of drug-likeness (QED) is 0.913. The highest BCUT2D eigenvalue weighted by Crippen LogP contribution is 2.19. The Morgan fingerprint density at radius 3 is 2.65 bits per heavy atom. The average molecular weight is 278 g/mol. The minimum Gasteiger partial charge on any atom is -0.467 e. The van der Waals surface area contributed by atoms with E-state index in [0.29, 0.717) is 19.6 Å². The third-order valence-electron chi connectivity index (χ3n) is 3.69. The van der Waals surface area contributed by atoms with E-state index in [1.165, 1.54) is 0 Å². The molecule has 2 amide bonds. The molecular formula is C15H22N2O3. The molecule has 1 aliphatic rings. The summed E-state index contributed by atoms with van der Waals surface area (Å²) in [6.45, 7) is 5.59. The van der Waals surface area contributed by atoms with Crippen LogP contribution in [0.15, 0.2) is 22.8 Å². The van der Waals surface area contributed by atoms with Crippen molar-refractivity contribution in [1.82, 2.24) is 10.2 Å². The summed E-state index contributed by atoms with van der Waals surface area (Å²) in [6, 6.07) is 3.64. The van der Waals surface area contributed by atoms with Gasteiger partial charge in [0.05, 0.1) is 12.8 Å². The molecule has 0 atom stereocenters. The van der Waals surface area contributed by atoms with Gasteiger partial charge in [-0.25, -0.2) is 0 Å². The Bertz CT molecular complexity index is 446. The monoisotopic (exact) mass is 278 g/mol. The van der Waals surface area contributed by atoms with Crippen molar-refractivity contribution in [3.8, 4) is 0 Å². The van der Waals surface area contributed by atoms with Crippen LogP contribution in [0.4, 0.5) is 0 Å². The smallest absolute Gasteiger partial charge is 0.225 e. The average Bonchev–Trinajstić information content (AvgIpc) is 2.97. The van der Waals surface area contributed by atoms with Crippen LogP contribution in [-0.2, 0) is 16.1 Å². The van der Waals surface area contributed by atoms with Crippen molar-refractivity contribution in [1.29, 1.82) is 0 Å². The SMILES string of the molecule is CC(C)C(=O)N1CCC(C(=O)NCc2ccco2)CC1. The van der Waals surface area contributed by atoms with Gasteiger partial charge in [-0.2, -0.15) is 0 Å². The fourth-order valence-electron chi connectivity index (χ4n) is 2.46. The van der Waals surface area contributed by atoms with E-state index in [9.17, 15) is 9.59 Å². The number of piperidine rings is 1. The lowest BCUT2D eigenvalue weighted by molar-refractivity contribution is -0.138. The van der Waals surface area contributed by atoms with Gasteiger partial charge in [0.1, 0.15) is 5.76 Å². The first-order chi connectivity index (χ1) is 9.58. The lowest BCUT2D eigenvalue weighted by atomic mass is 9.95. The molecule has 1 aromatic rings. The molecule has 0 radical (unpaired) electrons. The summed E-state index contributed by atoms with van der Waals surface area (Å²) in [5, 5.41) is 2.89. The van der Waals surface area contributed by atoms with Crippen molar-refractivity contribution in [3.63, 3.8) is 0 Å². The Morgan fingerprint density at radius 1 is 1.40 bits per heavy atom. The highest BCUT2D eigenvalue weighted by Gasteiger charge is 2.28. The van der Waals surface area contributed by atoms with Gasteiger partial charge in [-0.1, -0.05) is 13.8 Å². The lowest BCUT2D eigenvalue weighted by Gasteiger charge is -2.32. The second kappa shape index (κ2) is 6.59. The van der Waals surface area contributed by atoms with Crippen LogP contribution in [0.5, 0.6) is 0 Å². The zero-order valence-corrected chi connectivity index (χ0v) is 12.1. The topological polar surface area (TPSA) is 62.6 Å². The van der Waals surface area contributed by atoms with E-state index in [4.69, 9.17) is 4.42 Å². The first kappa shape index (κ1) is 14.6. The number of hydrogen-bond donors (Lipinski definition) is 1. The van der Waals surface area contributed by atoms with Crippen molar-refractivity contribution in [3.05, 3.63) is 24.2 Å². The minimum atomic E-state index is 0.00109. The zero-order valence-electron chi connectivity index (χ0n) is 12.1. The Morgan fingerprint density at radius 2 is 2.10 bits per heavy atom. The molecule has 1 saturated heterocycles. The molecule has 0 bridgehead atoms. The second-order valence-corrected chi connectivity index (χ2v) is 5.55. The molecule has 1 N–H and O–H groups in total. The third kappa shape index (κ3) is 3.62. The van der Waals surface area contributed by atoms with Crippen LogP contribution < -0.4 is 5.32 Å². The number of amides is 2. The molecule has 1 aromatic heterocycles. The molecule has 1 aliphatic heterocycles. The first-order valence-corrected chi connectivity index (χ1v) is 7.17. The van der Waals surface area contributed by atoms with Crippen LogP contribution >= 0.6 is 0 Å². The lowest BCUT2D eigenvalue weighted by Crippen LogP contribution is -2.44. The van der Waals surface area contributed by atoms with Crippen molar-refractivity contribution >= 4 is 11.8 Å². The van der Waals surface area contributed by atoms with Crippen molar-refractivity contribution in [2.75, 3.05) is 13.1 Å². The fraction of sp³-hybridized carbons (Fsp3) is 0.600. The highest BCUT2D eigenvalue weighted by molar-refractivity contribution is 5.80. The summed E-state index contributed by atoms with van der Waals surface area (Å²) in [5.74, 6) is 1.02. The summed E-state index contributed by atoms with van der Waals surface area (Å²) < 4.78 is 5.18. The molecule has 1 fully saturated rings.